The number of amides is 4. The summed E-state index contributed by atoms with van der Waals surface area (Å²) in [6.07, 6.45) is 1.22. The fourth-order valence-corrected chi connectivity index (χ4v) is 2.63. The van der Waals surface area contributed by atoms with Crippen molar-refractivity contribution in [1.29, 1.82) is 0 Å². The fourth-order valence-electron chi connectivity index (χ4n) is 2.63. The highest BCUT2D eigenvalue weighted by Gasteiger charge is 2.35. The number of nitrogens with one attached hydrogen (secondary N) is 2. The molecule has 1 aliphatic rings. The van der Waals surface area contributed by atoms with Gasteiger partial charge < -0.3 is 10.6 Å². The second kappa shape index (κ2) is 7.70. The van der Waals surface area contributed by atoms with E-state index in [9.17, 15) is 24.5 Å². The van der Waals surface area contributed by atoms with Crippen LogP contribution in [0.1, 0.15) is 11.1 Å². The second-order valence-electron chi connectivity index (χ2n) is 6.11. The third kappa shape index (κ3) is 4.04. The number of para-hydroxylation sites is 1. The topological polar surface area (TPSA) is 122 Å². The van der Waals surface area contributed by atoms with Crippen molar-refractivity contribution >= 4 is 35.3 Å². The molecule has 0 unspecified atom stereocenters. The Labute approximate surface area is 159 Å². The van der Waals surface area contributed by atoms with Gasteiger partial charge >= 0.3 is 6.03 Å². The van der Waals surface area contributed by atoms with Crippen LogP contribution in [-0.2, 0) is 9.59 Å². The number of hydrogen-bond acceptors (Lipinski definition) is 5. The van der Waals surface area contributed by atoms with E-state index in [1.165, 1.54) is 24.3 Å². The first-order valence-corrected chi connectivity index (χ1v) is 8.29. The molecule has 0 spiro atoms. The summed E-state index contributed by atoms with van der Waals surface area (Å²) in [4.78, 5) is 47.9. The number of nitrogens with zero attached hydrogens (tertiary/aromatic N) is 2. The van der Waals surface area contributed by atoms with E-state index in [0.717, 1.165) is 10.5 Å². The predicted molar refractivity (Wildman–Crippen MR) is 101 cm³/mol. The lowest BCUT2D eigenvalue weighted by Gasteiger charge is -2.12. The summed E-state index contributed by atoms with van der Waals surface area (Å²) in [5.74, 6) is -1.28. The van der Waals surface area contributed by atoms with E-state index in [1.54, 1.807) is 18.2 Å². The summed E-state index contributed by atoms with van der Waals surface area (Å²) in [5, 5.41) is 16.0. The van der Waals surface area contributed by atoms with Crippen molar-refractivity contribution in [1.82, 2.24) is 10.2 Å². The van der Waals surface area contributed by atoms with Crippen LogP contribution in [0.25, 0.3) is 6.08 Å². The summed E-state index contributed by atoms with van der Waals surface area (Å²) >= 11 is 0. The van der Waals surface area contributed by atoms with Gasteiger partial charge in [0.15, 0.2) is 0 Å². The van der Waals surface area contributed by atoms with E-state index in [-0.39, 0.29) is 16.9 Å². The van der Waals surface area contributed by atoms with Crippen LogP contribution in [0.2, 0.25) is 0 Å². The Morgan fingerprint density at radius 2 is 1.86 bits per heavy atom. The number of aryl methyl sites for hydroxylation is 1. The van der Waals surface area contributed by atoms with Gasteiger partial charge in [-0.2, -0.15) is 0 Å². The van der Waals surface area contributed by atoms with Crippen LogP contribution in [0, 0.1) is 17.0 Å². The van der Waals surface area contributed by atoms with Crippen LogP contribution in [-0.4, -0.2) is 34.2 Å². The Morgan fingerprint density at radius 3 is 2.54 bits per heavy atom. The van der Waals surface area contributed by atoms with Crippen LogP contribution in [0.5, 0.6) is 0 Å². The fraction of sp³-hybridized carbons (Fsp3) is 0.105. The first-order valence-electron chi connectivity index (χ1n) is 8.29. The number of rotatable bonds is 5. The van der Waals surface area contributed by atoms with Crippen molar-refractivity contribution in [3.05, 3.63) is 75.5 Å². The van der Waals surface area contributed by atoms with E-state index in [0.29, 0.717) is 5.69 Å². The van der Waals surface area contributed by atoms with Gasteiger partial charge in [-0.05, 0) is 31.2 Å². The number of urea groups is 1. The van der Waals surface area contributed by atoms with Crippen molar-refractivity contribution < 1.29 is 19.3 Å². The Morgan fingerprint density at radius 1 is 1.18 bits per heavy atom. The summed E-state index contributed by atoms with van der Waals surface area (Å²) in [7, 11) is 0. The minimum absolute atomic E-state index is 0.137. The van der Waals surface area contributed by atoms with Gasteiger partial charge in [0.05, 0.1) is 10.5 Å². The Hall–Kier alpha value is -4.01. The normalized spacial score (nSPS) is 14.9. The van der Waals surface area contributed by atoms with Crippen LogP contribution in [0.15, 0.2) is 54.2 Å². The molecular formula is C19H16N4O5. The van der Waals surface area contributed by atoms with Gasteiger partial charge in [0.2, 0.25) is 5.91 Å². The Balaban J connectivity index is 1.74. The molecule has 0 radical (unpaired) electrons. The number of carbonyl (C=O) groups excluding carboxylic acids is 3. The molecule has 0 saturated carbocycles. The van der Waals surface area contributed by atoms with Gasteiger partial charge in [0.25, 0.3) is 11.6 Å². The first-order chi connectivity index (χ1) is 13.3. The maximum Gasteiger partial charge on any atom is 0.329 e. The molecule has 2 N–H and O–H groups in total. The number of carbonyl (C=O) groups is 3. The molecule has 4 amide bonds. The predicted octanol–water partition coefficient (Wildman–Crippen LogP) is 2.43. The zero-order chi connectivity index (χ0) is 20.3. The molecule has 0 aliphatic carbocycles. The van der Waals surface area contributed by atoms with Gasteiger partial charge in [-0.15, -0.1) is 0 Å². The molecule has 0 atom stereocenters. The van der Waals surface area contributed by atoms with Crippen molar-refractivity contribution in [2.24, 2.45) is 0 Å². The van der Waals surface area contributed by atoms with Gasteiger partial charge in [0.1, 0.15) is 12.2 Å². The third-order valence-electron chi connectivity index (χ3n) is 4.03. The average Bonchev–Trinajstić information content (AvgIpc) is 2.91. The smallest absolute Gasteiger partial charge is 0.325 e. The number of anilines is 1. The summed E-state index contributed by atoms with van der Waals surface area (Å²) in [5.41, 5.74) is 1.40. The summed E-state index contributed by atoms with van der Waals surface area (Å²) in [6, 6.07) is 12.1. The minimum atomic E-state index is -0.770. The van der Waals surface area contributed by atoms with Crippen molar-refractivity contribution in [2.45, 2.75) is 6.92 Å². The SMILES string of the molecule is Cc1ccc(NC(=O)CN2C(=O)N/C(=C/c3ccccc3[N+](=O)[O-])C2=O)cc1. The minimum Gasteiger partial charge on any atom is -0.325 e. The third-order valence-corrected chi connectivity index (χ3v) is 4.03. The molecule has 0 bridgehead atoms. The van der Waals surface area contributed by atoms with Crippen molar-refractivity contribution in [3.63, 3.8) is 0 Å². The molecule has 1 heterocycles. The monoisotopic (exact) mass is 380 g/mol. The standard InChI is InChI=1S/C19H16N4O5/c1-12-6-8-14(9-7-12)20-17(24)11-22-18(25)15(21-19(22)26)10-13-4-2-3-5-16(13)23(27)28/h2-10H,11H2,1H3,(H,20,24)(H,21,26)/b15-10+. The molecule has 0 aromatic heterocycles. The van der Waals surface area contributed by atoms with Gasteiger partial charge in [-0.25, -0.2) is 9.69 Å². The van der Waals surface area contributed by atoms with Gasteiger partial charge in [0, 0.05) is 11.8 Å². The number of benzene rings is 2. The Kier molecular flexibility index (Phi) is 5.16. The molecule has 28 heavy (non-hydrogen) atoms. The molecule has 9 heteroatoms. The summed E-state index contributed by atoms with van der Waals surface area (Å²) in [6.45, 7) is 1.43. The number of nitro groups is 1. The molecule has 1 fully saturated rings. The zero-order valence-corrected chi connectivity index (χ0v) is 14.8. The second-order valence-corrected chi connectivity index (χ2v) is 6.11. The molecular weight excluding hydrogens is 364 g/mol. The molecule has 1 aliphatic heterocycles. The lowest BCUT2D eigenvalue weighted by Crippen LogP contribution is -2.38. The molecule has 3 rings (SSSR count). The molecule has 9 nitrogen and oxygen atoms in total. The largest absolute Gasteiger partial charge is 0.329 e. The number of nitro benzene ring substituents is 1. The van der Waals surface area contributed by atoms with Crippen LogP contribution < -0.4 is 10.6 Å². The summed E-state index contributed by atoms with van der Waals surface area (Å²) < 4.78 is 0. The van der Waals surface area contributed by atoms with Crippen LogP contribution >= 0.6 is 0 Å². The van der Waals surface area contributed by atoms with Crippen LogP contribution in [0.3, 0.4) is 0 Å². The van der Waals surface area contributed by atoms with E-state index in [4.69, 9.17) is 0 Å². The highest BCUT2D eigenvalue weighted by molar-refractivity contribution is 6.16. The zero-order valence-electron chi connectivity index (χ0n) is 14.8. The number of hydrogen-bond donors (Lipinski definition) is 2. The Bertz CT molecular complexity index is 998. The molecule has 2 aromatic rings. The molecule has 2 aromatic carbocycles. The number of imide groups is 1. The van der Waals surface area contributed by atoms with E-state index >= 15 is 0 Å². The lowest BCUT2D eigenvalue weighted by molar-refractivity contribution is -0.385. The molecule has 142 valence electrons. The molecule has 1 saturated heterocycles. The van der Waals surface area contributed by atoms with Crippen LogP contribution in [0.4, 0.5) is 16.2 Å². The van der Waals surface area contributed by atoms with Crippen molar-refractivity contribution in [2.75, 3.05) is 11.9 Å². The lowest BCUT2D eigenvalue weighted by atomic mass is 10.1. The maximum atomic E-state index is 12.5. The van der Waals surface area contributed by atoms with E-state index in [1.807, 2.05) is 19.1 Å². The maximum absolute atomic E-state index is 12.5. The van der Waals surface area contributed by atoms with E-state index < -0.39 is 29.3 Å². The van der Waals surface area contributed by atoms with Crippen molar-refractivity contribution in [3.8, 4) is 0 Å². The van der Waals surface area contributed by atoms with Gasteiger partial charge in [-0.3, -0.25) is 19.7 Å². The van der Waals surface area contributed by atoms with E-state index in [2.05, 4.69) is 10.6 Å². The first kappa shape index (κ1) is 18.8. The highest BCUT2D eigenvalue weighted by Crippen LogP contribution is 2.22. The highest BCUT2D eigenvalue weighted by atomic mass is 16.6. The van der Waals surface area contributed by atoms with Gasteiger partial charge in [-0.1, -0.05) is 29.8 Å². The quantitative estimate of drug-likeness (QED) is 0.357. The average molecular weight is 380 g/mol.